The zero-order valence-electron chi connectivity index (χ0n) is 10.6. The van der Waals surface area contributed by atoms with Crippen molar-refractivity contribution in [2.75, 3.05) is 19.6 Å². The molecule has 2 rings (SSSR count). The van der Waals surface area contributed by atoms with Gasteiger partial charge in [0.25, 0.3) is 0 Å². The predicted octanol–water partition coefficient (Wildman–Crippen LogP) is 1.16. The minimum absolute atomic E-state index is 0.0397. The highest BCUT2D eigenvalue weighted by Gasteiger charge is 2.32. The highest BCUT2D eigenvalue weighted by molar-refractivity contribution is 5.86. The van der Waals surface area contributed by atoms with Crippen LogP contribution in [0.1, 0.15) is 39.0 Å². The van der Waals surface area contributed by atoms with E-state index in [0.717, 1.165) is 38.8 Å². The second-order valence-electron chi connectivity index (χ2n) is 5.29. The third-order valence-corrected chi connectivity index (χ3v) is 3.87. The summed E-state index contributed by atoms with van der Waals surface area (Å²) in [5.74, 6) is 0.739. The van der Waals surface area contributed by atoms with Crippen molar-refractivity contribution in [1.29, 1.82) is 0 Å². The first kappa shape index (κ1) is 12.4. The van der Waals surface area contributed by atoms with Gasteiger partial charge in [0.2, 0.25) is 11.8 Å². The van der Waals surface area contributed by atoms with Gasteiger partial charge in [0.05, 0.1) is 6.54 Å². The van der Waals surface area contributed by atoms with E-state index in [4.69, 9.17) is 0 Å². The van der Waals surface area contributed by atoms with Gasteiger partial charge in [-0.3, -0.25) is 9.59 Å². The zero-order valence-corrected chi connectivity index (χ0v) is 10.6. The number of likely N-dealkylation sites (tertiary alicyclic amines) is 1. The Kier molecular flexibility index (Phi) is 4.02. The number of amides is 2. The average molecular weight is 238 g/mol. The molecular formula is C13H22N2O2. The summed E-state index contributed by atoms with van der Waals surface area (Å²) in [5.41, 5.74) is 0. The summed E-state index contributed by atoms with van der Waals surface area (Å²) >= 11 is 0. The van der Waals surface area contributed by atoms with Crippen LogP contribution in [0, 0.1) is 11.8 Å². The summed E-state index contributed by atoms with van der Waals surface area (Å²) in [6, 6.07) is 0. The molecule has 17 heavy (non-hydrogen) atoms. The van der Waals surface area contributed by atoms with Crippen LogP contribution in [0.15, 0.2) is 0 Å². The highest BCUT2D eigenvalue weighted by atomic mass is 16.2. The quantitative estimate of drug-likeness (QED) is 0.799. The maximum absolute atomic E-state index is 11.8. The van der Waals surface area contributed by atoms with Crippen LogP contribution in [-0.4, -0.2) is 36.3 Å². The molecule has 1 unspecified atom stereocenters. The SMILES string of the molecule is CC(C(=O)NCC(=O)N1CCCCC1)C1CC1. The fraction of sp³-hybridized carbons (Fsp3) is 0.846. The van der Waals surface area contributed by atoms with Crippen molar-refractivity contribution in [3.63, 3.8) is 0 Å². The van der Waals surface area contributed by atoms with E-state index in [-0.39, 0.29) is 24.3 Å². The maximum Gasteiger partial charge on any atom is 0.241 e. The summed E-state index contributed by atoms with van der Waals surface area (Å²) in [5, 5.41) is 2.77. The van der Waals surface area contributed by atoms with Crippen LogP contribution in [0.5, 0.6) is 0 Å². The number of hydrogen-bond acceptors (Lipinski definition) is 2. The van der Waals surface area contributed by atoms with Crippen LogP contribution in [0.4, 0.5) is 0 Å². The summed E-state index contributed by atoms with van der Waals surface area (Å²) in [4.78, 5) is 25.4. The Hall–Kier alpha value is -1.06. The molecule has 1 heterocycles. The topological polar surface area (TPSA) is 49.4 Å². The van der Waals surface area contributed by atoms with E-state index in [1.165, 1.54) is 6.42 Å². The number of piperidine rings is 1. The maximum atomic E-state index is 11.8. The fourth-order valence-electron chi connectivity index (χ4n) is 2.39. The van der Waals surface area contributed by atoms with Crippen molar-refractivity contribution in [2.24, 2.45) is 11.8 Å². The van der Waals surface area contributed by atoms with Crippen LogP contribution in [0.3, 0.4) is 0 Å². The second-order valence-corrected chi connectivity index (χ2v) is 5.29. The van der Waals surface area contributed by atoms with Crippen LogP contribution in [0.2, 0.25) is 0 Å². The monoisotopic (exact) mass is 238 g/mol. The molecule has 1 atom stereocenters. The molecule has 1 aliphatic heterocycles. The van der Waals surface area contributed by atoms with Crippen molar-refractivity contribution in [2.45, 2.75) is 39.0 Å². The van der Waals surface area contributed by atoms with Gasteiger partial charge in [0, 0.05) is 19.0 Å². The van der Waals surface area contributed by atoms with Crippen molar-refractivity contribution in [1.82, 2.24) is 10.2 Å². The summed E-state index contributed by atoms with van der Waals surface area (Å²) in [7, 11) is 0. The van der Waals surface area contributed by atoms with Crippen LogP contribution in [0.25, 0.3) is 0 Å². The molecule has 4 heteroatoms. The lowest BCUT2D eigenvalue weighted by molar-refractivity contribution is -0.134. The Bertz CT molecular complexity index is 294. The molecule has 1 saturated heterocycles. The molecule has 1 N–H and O–H groups in total. The van der Waals surface area contributed by atoms with Gasteiger partial charge in [-0.1, -0.05) is 6.92 Å². The lowest BCUT2D eigenvalue weighted by Gasteiger charge is -2.27. The number of carbonyl (C=O) groups excluding carboxylic acids is 2. The first-order chi connectivity index (χ1) is 8.18. The van der Waals surface area contributed by atoms with Crippen LogP contribution < -0.4 is 5.32 Å². The van der Waals surface area contributed by atoms with E-state index >= 15 is 0 Å². The van der Waals surface area contributed by atoms with Crippen molar-refractivity contribution in [3.05, 3.63) is 0 Å². The van der Waals surface area contributed by atoms with Crippen LogP contribution in [-0.2, 0) is 9.59 Å². The molecule has 1 saturated carbocycles. The molecule has 4 nitrogen and oxygen atoms in total. The van der Waals surface area contributed by atoms with Gasteiger partial charge in [0.15, 0.2) is 0 Å². The third-order valence-electron chi connectivity index (χ3n) is 3.87. The lowest BCUT2D eigenvalue weighted by Crippen LogP contribution is -2.43. The van der Waals surface area contributed by atoms with E-state index in [1.807, 2.05) is 11.8 Å². The molecule has 0 aromatic heterocycles. The lowest BCUT2D eigenvalue weighted by atomic mass is 10.1. The van der Waals surface area contributed by atoms with Crippen molar-refractivity contribution < 1.29 is 9.59 Å². The fourth-order valence-corrected chi connectivity index (χ4v) is 2.39. The van der Waals surface area contributed by atoms with Crippen LogP contribution >= 0.6 is 0 Å². The molecule has 0 spiro atoms. The average Bonchev–Trinajstić information content (AvgIpc) is 3.20. The largest absolute Gasteiger partial charge is 0.347 e. The van der Waals surface area contributed by atoms with E-state index in [9.17, 15) is 9.59 Å². The number of carbonyl (C=O) groups is 2. The van der Waals surface area contributed by atoms with Crippen molar-refractivity contribution in [3.8, 4) is 0 Å². The molecule has 1 aliphatic carbocycles. The highest BCUT2D eigenvalue weighted by Crippen LogP contribution is 2.36. The van der Waals surface area contributed by atoms with Crippen molar-refractivity contribution >= 4 is 11.8 Å². The van der Waals surface area contributed by atoms with Gasteiger partial charge in [-0.15, -0.1) is 0 Å². The smallest absolute Gasteiger partial charge is 0.241 e. The van der Waals surface area contributed by atoms with Gasteiger partial charge < -0.3 is 10.2 Å². The first-order valence-corrected chi connectivity index (χ1v) is 6.74. The van der Waals surface area contributed by atoms with E-state index in [2.05, 4.69) is 5.32 Å². The molecule has 2 aliphatic rings. The van der Waals surface area contributed by atoms with E-state index < -0.39 is 0 Å². The summed E-state index contributed by atoms with van der Waals surface area (Å²) < 4.78 is 0. The van der Waals surface area contributed by atoms with Gasteiger partial charge in [-0.25, -0.2) is 0 Å². The van der Waals surface area contributed by atoms with E-state index in [1.54, 1.807) is 0 Å². The first-order valence-electron chi connectivity index (χ1n) is 6.74. The Morgan fingerprint density at radius 1 is 1.24 bits per heavy atom. The zero-order chi connectivity index (χ0) is 12.3. The van der Waals surface area contributed by atoms with Gasteiger partial charge in [0.1, 0.15) is 0 Å². The standard InChI is InChI=1S/C13H22N2O2/c1-10(11-5-6-11)13(17)14-9-12(16)15-7-3-2-4-8-15/h10-11H,2-9H2,1H3,(H,14,17). The Morgan fingerprint density at radius 2 is 1.88 bits per heavy atom. The number of nitrogens with one attached hydrogen (secondary N) is 1. The number of rotatable bonds is 4. The molecule has 0 aromatic rings. The minimum atomic E-state index is 0.0397. The summed E-state index contributed by atoms with van der Waals surface area (Å²) in [6.45, 7) is 3.84. The molecule has 2 amide bonds. The number of nitrogens with zero attached hydrogens (tertiary/aromatic N) is 1. The molecule has 96 valence electrons. The molecule has 0 aromatic carbocycles. The minimum Gasteiger partial charge on any atom is -0.347 e. The van der Waals surface area contributed by atoms with Gasteiger partial charge in [-0.2, -0.15) is 0 Å². The molecule has 0 radical (unpaired) electrons. The number of hydrogen-bond donors (Lipinski definition) is 1. The second kappa shape index (κ2) is 5.52. The Morgan fingerprint density at radius 3 is 2.47 bits per heavy atom. The summed E-state index contributed by atoms with van der Waals surface area (Å²) in [6.07, 6.45) is 5.73. The van der Waals surface area contributed by atoms with E-state index in [0.29, 0.717) is 5.92 Å². The third kappa shape index (κ3) is 3.45. The predicted molar refractivity (Wildman–Crippen MR) is 65.3 cm³/mol. The molecule has 0 bridgehead atoms. The molecular weight excluding hydrogens is 216 g/mol. The normalized spacial score (nSPS) is 22.1. The Labute approximate surface area is 103 Å². The van der Waals surface area contributed by atoms with Gasteiger partial charge >= 0.3 is 0 Å². The Balaban J connectivity index is 1.69. The molecule has 2 fully saturated rings. The van der Waals surface area contributed by atoms with Gasteiger partial charge in [-0.05, 0) is 38.0 Å².